The van der Waals surface area contributed by atoms with Gasteiger partial charge in [0.2, 0.25) is 0 Å². The summed E-state index contributed by atoms with van der Waals surface area (Å²) in [6, 6.07) is 0. The number of fused-ring (bicyclic) bond motifs is 1. The van der Waals surface area contributed by atoms with Crippen LogP contribution in [-0.2, 0) is 0 Å². The third-order valence-electron chi connectivity index (χ3n) is 4.33. The van der Waals surface area contributed by atoms with Crippen molar-refractivity contribution in [1.29, 1.82) is 0 Å². The fourth-order valence-electron chi connectivity index (χ4n) is 3.44. The lowest BCUT2D eigenvalue weighted by atomic mass is 9.90. The molecule has 1 spiro atoms. The van der Waals surface area contributed by atoms with Crippen LogP contribution in [0, 0.1) is 5.41 Å². The van der Waals surface area contributed by atoms with Gasteiger partial charge in [0.05, 0.1) is 5.41 Å². The number of alkyl halides is 2. The highest BCUT2D eigenvalue weighted by Gasteiger charge is 2.76. The minimum atomic E-state index is -2.35. The third kappa shape index (κ3) is 1.42. The van der Waals surface area contributed by atoms with Gasteiger partial charge < -0.3 is 0 Å². The van der Waals surface area contributed by atoms with Gasteiger partial charge in [-0.15, -0.1) is 0 Å². The quantitative estimate of drug-likeness (QED) is 0.602. The summed E-state index contributed by atoms with van der Waals surface area (Å²) < 4.78 is 26.3. The second-order valence-corrected chi connectivity index (χ2v) is 5.36. The third-order valence-corrected chi connectivity index (χ3v) is 4.33. The van der Waals surface area contributed by atoms with Crippen molar-refractivity contribution in [3.05, 3.63) is 0 Å². The standard InChI is InChI=1S/C10H15F2N.C2H6/c1-8-3-2-4-13(8)7-9(5-8)6-10(9,11)12;1-2/h2-7H2,1H3;1-2H3. The Morgan fingerprint density at radius 2 is 1.73 bits per heavy atom. The molecule has 2 aliphatic heterocycles. The molecule has 1 nitrogen and oxygen atoms in total. The van der Waals surface area contributed by atoms with Crippen molar-refractivity contribution in [2.24, 2.45) is 5.41 Å². The molecule has 3 fully saturated rings. The first kappa shape index (κ1) is 11.3. The average Bonchev–Trinajstić information content (AvgIpc) is 2.45. The van der Waals surface area contributed by atoms with E-state index in [-0.39, 0.29) is 12.0 Å². The van der Waals surface area contributed by atoms with Crippen molar-refractivity contribution < 1.29 is 8.78 Å². The highest BCUT2D eigenvalue weighted by molar-refractivity contribution is 5.20. The minimum absolute atomic E-state index is 0.111. The molecule has 0 amide bonds. The lowest BCUT2D eigenvalue weighted by Gasteiger charge is -2.26. The first-order chi connectivity index (χ1) is 6.98. The predicted molar refractivity (Wildman–Crippen MR) is 57.2 cm³/mol. The molecule has 3 heteroatoms. The van der Waals surface area contributed by atoms with Crippen LogP contribution >= 0.6 is 0 Å². The van der Waals surface area contributed by atoms with E-state index in [4.69, 9.17) is 0 Å². The molecule has 0 bridgehead atoms. The number of hydrogen-bond donors (Lipinski definition) is 0. The van der Waals surface area contributed by atoms with Crippen LogP contribution in [0.3, 0.4) is 0 Å². The van der Waals surface area contributed by atoms with Gasteiger partial charge in [0.25, 0.3) is 5.92 Å². The van der Waals surface area contributed by atoms with Crippen LogP contribution in [0.15, 0.2) is 0 Å². The number of nitrogens with zero attached hydrogens (tertiary/aromatic N) is 1. The summed E-state index contributed by atoms with van der Waals surface area (Å²) in [5, 5.41) is 0. The average molecular weight is 217 g/mol. The second-order valence-electron chi connectivity index (χ2n) is 5.36. The second kappa shape index (κ2) is 3.16. The molecule has 88 valence electrons. The lowest BCUT2D eigenvalue weighted by molar-refractivity contribution is 0.0657. The van der Waals surface area contributed by atoms with Crippen LogP contribution in [0.1, 0.15) is 46.5 Å². The Morgan fingerprint density at radius 1 is 1.13 bits per heavy atom. The lowest BCUT2D eigenvalue weighted by Crippen LogP contribution is -2.34. The van der Waals surface area contributed by atoms with Crippen molar-refractivity contribution >= 4 is 0 Å². The minimum Gasteiger partial charge on any atom is -0.297 e. The Kier molecular flexibility index (Phi) is 2.38. The zero-order chi connectivity index (χ0) is 11.3. The Bertz CT molecular complexity index is 266. The summed E-state index contributed by atoms with van der Waals surface area (Å²) in [6.45, 7) is 7.84. The van der Waals surface area contributed by atoms with Crippen molar-refractivity contribution in [3.63, 3.8) is 0 Å². The number of rotatable bonds is 0. The van der Waals surface area contributed by atoms with E-state index in [0.717, 1.165) is 19.4 Å². The summed E-state index contributed by atoms with van der Waals surface area (Å²) in [4.78, 5) is 2.29. The Hall–Kier alpha value is -0.180. The van der Waals surface area contributed by atoms with E-state index in [9.17, 15) is 8.78 Å². The van der Waals surface area contributed by atoms with Crippen molar-refractivity contribution in [1.82, 2.24) is 4.90 Å². The molecule has 0 N–H and O–H groups in total. The molecule has 15 heavy (non-hydrogen) atoms. The van der Waals surface area contributed by atoms with E-state index in [1.807, 2.05) is 13.8 Å². The molecule has 2 unspecified atom stereocenters. The molecule has 2 atom stereocenters. The predicted octanol–water partition coefficient (Wildman–Crippen LogP) is 3.30. The van der Waals surface area contributed by atoms with Gasteiger partial charge in [-0.05, 0) is 32.7 Å². The van der Waals surface area contributed by atoms with Crippen molar-refractivity contribution in [2.75, 3.05) is 13.1 Å². The highest BCUT2D eigenvalue weighted by Crippen LogP contribution is 2.69. The maximum atomic E-state index is 13.1. The Balaban J connectivity index is 0.000000404. The van der Waals surface area contributed by atoms with E-state index in [2.05, 4.69) is 11.8 Å². The molecule has 1 aliphatic carbocycles. The van der Waals surface area contributed by atoms with Crippen LogP contribution < -0.4 is 0 Å². The SMILES string of the molecule is CC.CC12CCCN1CC1(C2)CC1(F)F. The van der Waals surface area contributed by atoms with Gasteiger partial charge in [0.15, 0.2) is 0 Å². The Labute approximate surface area is 90.8 Å². The van der Waals surface area contributed by atoms with Crippen LogP contribution in [0.5, 0.6) is 0 Å². The topological polar surface area (TPSA) is 3.24 Å². The first-order valence-corrected chi connectivity index (χ1v) is 6.11. The van der Waals surface area contributed by atoms with Gasteiger partial charge in [-0.25, -0.2) is 8.78 Å². The number of halogens is 2. The molecule has 0 aromatic heterocycles. The molecule has 3 rings (SSSR count). The maximum absolute atomic E-state index is 13.1. The number of hydrogen-bond acceptors (Lipinski definition) is 1. The Morgan fingerprint density at radius 3 is 2.20 bits per heavy atom. The highest BCUT2D eigenvalue weighted by atomic mass is 19.3. The molecule has 2 heterocycles. The summed E-state index contributed by atoms with van der Waals surface area (Å²) >= 11 is 0. The maximum Gasteiger partial charge on any atom is 0.255 e. The monoisotopic (exact) mass is 217 g/mol. The summed E-state index contributed by atoms with van der Waals surface area (Å²) in [5.74, 6) is -2.35. The molecule has 1 saturated carbocycles. The largest absolute Gasteiger partial charge is 0.297 e. The van der Waals surface area contributed by atoms with E-state index >= 15 is 0 Å². The van der Waals surface area contributed by atoms with E-state index < -0.39 is 11.3 Å². The molecule has 0 aromatic rings. The fourth-order valence-corrected chi connectivity index (χ4v) is 3.44. The molecular weight excluding hydrogens is 196 g/mol. The van der Waals surface area contributed by atoms with Crippen LogP contribution in [-0.4, -0.2) is 29.5 Å². The van der Waals surface area contributed by atoms with Gasteiger partial charge >= 0.3 is 0 Å². The summed E-state index contributed by atoms with van der Waals surface area (Å²) in [7, 11) is 0. The fraction of sp³-hybridized carbons (Fsp3) is 1.00. The molecule has 2 saturated heterocycles. The van der Waals surface area contributed by atoms with Gasteiger partial charge in [-0.2, -0.15) is 0 Å². The van der Waals surface area contributed by atoms with Crippen LogP contribution in [0.4, 0.5) is 8.78 Å². The molecule has 0 aromatic carbocycles. The van der Waals surface area contributed by atoms with Crippen molar-refractivity contribution in [2.45, 2.75) is 57.9 Å². The van der Waals surface area contributed by atoms with Gasteiger partial charge in [0.1, 0.15) is 0 Å². The van der Waals surface area contributed by atoms with E-state index in [0.29, 0.717) is 6.54 Å². The molecule has 3 aliphatic rings. The summed E-state index contributed by atoms with van der Waals surface area (Å²) in [5.41, 5.74) is -0.498. The molecular formula is C12H21F2N. The normalized spacial score (nSPS) is 46.2. The van der Waals surface area contributed by atoms with Gasteiger partial charge in [0, 0.05) is 18.5 Å². The smallest absolute Gasteiger partial charge is 0.255 e. The van der Waals surface area contributed by atoms with Crippen molar-refractivity contribution in [3.8, 4) is 0 Å². The summed E-state index contributed by atoms with van der Waals surface area (Å²) in [6.07, 6.45) is 3.18. The zero-order valence-electron chi connectivity index (χ0n) is 9.95. The van der Waals surface area contributed by atoms with E-state index in [1.54, 1.807) is 0 Å². The van der Waals surface area contributed by atoms with E-state index in [1.165, 1.54) is 6.42 Å². The van der Waals surface area contributed by atoms with Crippen LogP contribution in [0.25, 0.3) is 0 Å². The van der Waals surface area contributed by atoms with Gasteiger partial charge in [-0.3, -0.25) is 4.90 Å². The molecule has 0 radical (unpaired) electrons. The first-order valence-electron chi connectivity index (χ1n) is 6.11. The zero-order valence-corrected chi connectivity index (χ0v) is 9.95. The van der Waals surface area contributed by atoms with Gasteiger partial charge in [-0.1, -0.05) is 13.8 Å². The van der Waals surface area contributed by atoms with Crippen LogP contribution in [0.2, 0.25) is 0 Å².